The van der Waals surface area contributed by atoms with Gasteiger partial charge in [-0.2, -0.15) is 0 Å². The molecule has 2 heterocycles. The van der Waals surface area contributed by atoms with Gasteiger partial charge in [-0.3, -0.25) is 4.57 Å². The van der Waals surface area contributed by atoms with Crippen molar-refractivity contribution < 1.29 is 0 Å². The van der Waals surface area contributed by atoms with E-state index in [9.17, 15) is 0 Å². The molecule has 0 radical (unpaired) electrons. The minimum absolute atomic E-state index is 0.664. The lowest BCUT2D eigenvalue weighted by molar-refractivity contribution is 0.274. The van der Waals surface area contributed by atoms with E-state index in [0.29, 0.717) is 5.92 Å². The van der Waals surface area contributed by atoms with Crippen molar-refractivity contribution in [3.63, 3.8) is 0 Å². The first-order valence-corrected chi connectivity index (χ1v) is 7.62. The Bertz CT molecular complexity index is 381. The Morgan fingerprint density at radius 1 is 1.42 bits per heavy atom. The molecule has 1 aliphatic rings. The van der Waals surface area contributed by atoms with Gasteiger partial charge in [0.05, 0.1) is 0 Å². The maximum absolute atomic E-state index is 4.37. The van der Waals surface area contributed by atoms with Gasteiger partial charge >= 0.3 is 0 Å². The highest BCUT2D eigenvalue weighted by atomic mass is 15.3. The second-order valence-corrected chi connectivity index (χ2v) is 5.50. The molecule has 0 aliphatic carbocycles. The number of aromatic nitrogens is 3. The molecule has 0 spiro atoms. The average Bonchev–Trinajstić information content (AvgIpc) is 2.82. The van der Waals surface area contributed by atoms with E-state index in [1.165, 1.54) is 19.4 Å². The number of anilines is 1. The van der Waals surface area contributed by atoms with Gasteiger partial charge in [-0.1, -0.05) is 6.92 Å². The number of piperidine rings is 1. The molecular weight excluding hydrogens is 238 g/mol. The van der Waals surface area contributed by atoms with Gasteiger partial charge < -0.3 is 10.6 Å². The molecular formula is C14H27N5. The van der Waals surface area contributed by atoms with E-state index in [-0.39, 0.29) is 0 Å². The molecule has 0 bridgehead atoms. The van der Waals surface area contributed by atoms with Crippen molar-refractivity contribution in [3.05, 3.63) is 5.82 Å². The largest absolute Gasteiger partial charge is 0.355 e. The summed E-state index contributed by atoms with van der Waals surface area (Å²) in [6.45, 7) is 10.7. The standard InChI is InChI=1S/C14H27N5/c1-4-16-14-18-17-13(19(14)5-2)9-11(3)12-7-6-8-15-10-12/h11-12,15H,4-10H2,1-3H3,(H,16,18). The van der Waals surface area contributed by atoms with Gasteiger partial charge in [0.2, 0.25) is 5.95 Å². The molecule has 2 N–H and O–H groups in total. The quantitative estimate of drug-likeness (QED) is 0.825. The van der Waals surface area contributed by atoms with Gasteiger partial charge in [0.25, 0.3) is 0 Å². The van der Waals surface area contributed by atoms with Crippen LogP contribution in [0.1, 0.15) is 39.4 Å². The lowest BCUT2D eigenvalue weighted by atomic mass is 9.85. The lowest BCUT2D eigenvalue weighted by Crippen LogP contribution is -2.34. The summed E-state index contributed by atoms with van der Waals surface area (Å²) in [7, 11) is 0. The van der Waals surface area contributed by atoms with Crippen LogP contribution in [0.5, 0.6) is 0 Å². The third kappa shape index (κ3) is 3.47. The van der Waals surface area contributed by atoms with Crippen molar-refractivity contribution in [3.8, 4) is 0 Å². The average molecular weight is 265 g/mol. The Balaban J connectivity index is 2.01. The lowest BCUT2D eigenvalue weighted by Gasteiger charge is -2.28. The zero-order valence-corrected chi connectivity index (χ0v) is 12.4. The van der Waals surface area contributed by atoms with Crippen LogP contribution in [-0.4, -0.2) is 34.4 Å². The van der Waals surface area contributed by atoms with Crippen molar-refractivity contribution in [1.82, 2.24) is 20.1 Å². The van der Waals surface area contributed by atoms with E-state index in [2.05, 4.69) is 46.2 Å². The number of hydrogen-bond acceptors (Lipinski definition) is 4. The van der Waals surface area contributed by atoms with Crippen LogP contribution in [0, 0.1) is 11.8 Å². The minimum atomic E-state index is 0.664. The van der Waals surface area contributed by atoms with Crippen molar-refractivity contribution in [2.24, 2.45) is 11.8 Å². The molecule has 0 amide bonds. The van der Waals surface area contributed by atoms with E-state index in [4.69, 9.17) is 0 Å². The highest BCUT2D eigenvalue weighted by Crippen LogP contribution is 2.23. The zero-order valence-electron chi connectivity index (χ0n) is 12.4. The second kappa shape index (κ2) is 6.89. The van der Waals surface area contributed by atoms with Crippen molar-refractivity contribution >= 4 is 5.95 Å². The first-order chi connectivity index (χ1) is 9.26. The Hall–Kier alpha value is -1.10. The maximum atomic E-state index is 4.37. The van der Waals surface area contributed by atoms with Gasteiger partial charge in [0, 0.05) is 19.5 Å². The van der Waals surface area contributed by atoms with Crippen LogP contribution in [0.15, 0.2) is 0 Å². The smallest absolute Gasteiger partial charge is 0.224 e. The van der Waals surface area contributed by atoms with Crippen molar-refractivity contribution in [1.29, 1.82) is 0 Å². The fraction of sp³-hybridized carbons (Fsp3) is 0.857. The summed E-state index contributed by atoms with van der Waals surface area (Å²) >= 11 is 0. The van der Waals surface area contributed by atoms with Crippen LogP contribution in [0.4, 0.5) is 5.95 Å². The molecule has 2 rings (SSSR count). The van der Waals surface area contributed by atoms with E-state index >= 15 is 0 Å². The molecule has 1 aliphatic heterocycles. The molecule has 1 fully saturated rings. The topological polar surface area (TPSA) is 54.8 Å². The maximum Gasteiger partial charge on any atom is 0.224 e. The van der Waals surface area contributed by atoms with Crippen LogP contribution in [0.2, 0.25) is 0 Å². The molecule has 2 atom stereocenters. The summed E-state index contributed by atoms with van der Waals surface area (Å²) in [5.41, 5.74) is 0. The normalized spacial score (nSPS) is 21.3. The summed E-state index contributed by atoms with van der Waals surface area (Å²) in [4.78, 5) is 0. The number of rotatable bonds is 6. The SMILES string of the molecule is CCNc1nnc(CC(C)C2CCCNC2)n1CC. The number of nitrogens with one attached hydrogen (secondary N) is 2. The Kier molecular flexibility index (Phi) is 5.19. The summed E-state index contributed by atoms with van der Waals surface area (Å²) in [5.74, 6) is 3.47. The molecule has 0 saturated carbocycles. The molecule has 1 aromatic rings. The second-order valence-electron chi connectivity index (χ2n) is 5.50. The van der Waals surface area contributed by atoms with Crippen molar-refractivity contribution in [2.45, 2.75) is 46.6 Å². The number of nitrogens with zero attached hydrogens (tertiary/aromatic N) is 3. The van der Waals surface area contributed by atoms with Crippen LogP contribution >= 0.6 is 0 Å². The first kappa shape index (κ1) is 14.3. The van der Waals surface area contributed by atoms with E-state index in [1.54, 1.807) is 0 Å². The fourth-order valence-electron chi connectivity index (χ4n) is 2.93. The van der Waals surface area contributed by atoms with Crippen LogP contribution in [0.25, 0.3) is 0 Å². The molecule has 2 unspecified atom stereocenters. The third-order valence-electron chi connectivity index (χ3n) is 4.12. The molecule has 19 heavy (non-hydrogen) atoms. The summed E-state index contributed by atoms with van der Waals surface area (Å²) in [5, 5.41) is 15.4. The minimum Gasteiger partial charge on any atom is -0.355 e. The van der Waals surface area contributed by atoms with E-state index in [0.717, 1.165) is 43.7 Å². The van der Waals surface area contributed by atoms with Crippen molar-refractivity contribution in [2.75, 3.05) is 25.0 Å². The predicted octanol–water partition coefficient (Wildman–Crippen LogP) is 1.91. The third-order valence-corrected chi connectivity index (χ3v) is 4.12. The molecule has 1 aromatic heterocycles. The Labute approximate surface area is 116 Å². The van der Waals surface area contributed by atoms with Gasteiger partial charge in [0.1, 0.15) is 5.82 Å². The highest BCUT2D eigenvalue weighted by Gasteiger charge is 2.22. The first-order valence-electron chi connectivity index (χ1n) is 7.62. The molecule has 5 nitrogen and oxygen atoms in total. The van der Waals surface area contributed by atoms with Gasteiger partial charge in [0.15, 0.2) is 0 Å². The predicted molar refractivity (Wildman–Crippen MR) is 78.3 cm³/mol. The molecule has 5 heteroatoms. The molecule has 1 saturated heterocycles. The van der Waals surface area contributed by atoms with Crippen LogP contribution in [-0.2, 0) is 13.0 Å². The van der Waals surface area contributed by atoms with Gasteiger partial charge in [-0.05, 0) is 51.6 Å². The summed E-state index contributed by atoms with van der Waals surface area (Å²) in [6, 6.07) is 0. The fourth-order valence-corrected chi connectivity index (χ4v) is 2.93. The highest BCUT2D eigenvalue weighted by molar-refractivity contribution is 5.25. The summed E-state index contributed by atoms with van der Waals surface area (Å²) in [6.07, 6.45) is 3.67. The molecule has 0 aromatic carbocycles. The van der Waals surface area contributed by atoms with Gasteiger partial charge in [-0.25, -0.2) is 0 Å². The van der Waals surface area contributed by atoms with Crippen LogP contribution < -0.4 is 10.6 Å². The van der Waals surface area contributed by atoms with E-state index < -0.39 is 0 Å². The van der Waals surface area contributed by atoms with Crippen LogP contribution in [0.3, 0.4) is 0 Å². The molecule has 108 valence electrons. The monoisotopic (exact) mass is 265 g/mol. The number of hydrogen-bond donors (Lipinski definition) is 2. The zero-order chi connectivity index (χ0) is 13.7. The van der Waals surface area contributed by atoms with Gasteiger partial charge in [-0.15, -0.1) is 10.2 Å². The van der Waals surface area contributed by atoms with E-state index in [1.807, 2.05) is 0 Å². The Morgan fingerprint density at radius 3 is 2.89 bits per heavy atom. The Morgan fingerprint density at radius 2 is 2.26 bits per heavy atom. The summed E-state index contributed by atoms with van der Waals surface area (Å²) < 4.78 is 2.20.